The fourth-order valence-corrected chi connectivity index (χ4v) is 3.40. The summed E-state index contributed by atoms with van der Waals surface area (Å²) in [5.74, 6) is 1.42. The molecule has 3 aromatic rings. The van der Waals surface area contributed by atoms with E-state index in [1.807, 2.05) is 81.4 Å². The quantitative estimate of drug-likeness (QED) is 0.684. The van der Waals surface area contributed by atoms with Gasteiger partial charge in [-0.25, -0.2) is 0 Å². The van der Waals surface area contributed by atoms with Crippen LogP contribution in [0.3, 0.4) is 0 Å². The van der Waals surface area contributed by atoms with Gasteiger partial charge in [-0.05, 0) is 50.6 Å². The van der Waals surface area contributed by atoms with Crippen LogP contribution in [0.25, 0.3) is 0 Å². The summed E-state index contributed by atoms with van der Waals surface area (Å²) in [4.78, 5) is 0. The Morgan fingerprint density at radius 3 is 1.62 bits per heavy atom. The second kappa shape index (κ2) is 5.22. The molecule has 0 spiro atoms. The van der Waals surface area contributed by atoms with Crippen LogP contribution in [0.1, 0.15) is 33.4 Å². The Balaban J connectivity index is 2.06. The van der Waals surface area contributed by atoms with Gasteiger partial charge in [-0.2, -0.15) is 0 Å². The molecule has 1 heterocycles. The highest BCUT2D eigenvalue weighted by molar-refractivity contribution is 5.62. The number of fused-ring (bicyclic) bond motifs is 2. The maximum atomic E-state index is 11.9. The zero-order valence-corrected chi connectivity index (χ0v) is 14.1. The van der Waals surface area contributed by atoms with E-state index >= 15 is 0 Å². The van der Waals surface area contributed by atoms with Gasteiger partial charge in [0.2, 0.25) is 0 Å². The van der Waals surface area contributed by atoms with Crippen LogP contribution in [0.5, 0.6) is 11.5 Å². The minimum atomic E-state index is -1.21. The Kier molecular flexibility index (Phi) is 3.26. The lowest BCUT2D eigenvalue weighted by Gasteiger charge is -2.37. The number of aliphatic hydroxyl groups is 1. The van der Waals surface area contributed by atoms with E-state index in [0.29, 0.717) is 11.5 Å². The molecule has 24 heavy (non-hydrogen) atoms. The first-order valence-corrected chi connectivity index (χ1v) is 8.18. The molecular weight excluding hydrogens is 296 g/mol. The lowest BCUT2D eigenvalue weighted by atomic mass is 9.77. The molecule has 0 aliphatic carbocycles. The van der Waals surface area contributed by atoms with E-state index in [0.717, 1.165) is 27.8 Å². The van der Waals surface area contributed by atoms with Crippen molar-refractivity contribution in [1.29, 1.82) is 0 Å². The molecule has 2 heteroatoms. The average molecular weight is 316 g/mol. The van der Waals surface area contributed by atoms with Crippen molar-refractivity contribution in [3.63, 3.8) is 0 Å². The topological polar surface area (TPSA) is 29.5 Å². The molecule has 0 radical (unpaired) electrons. The Labute approximate surface area is 142 Å². The zero-order chi connectivity index (χ0) is 16.9. The van der Waals surface area contributed by atoms with Crippen molar-refractivity contribution in [2.75, 3.05) is 0 Å². The van der Waals surface area contributed by atoms with Crippen LogP contribution in [0.2, 0.25) is 0 Å². The molecule has 0 atom stereocenters. The first kappa shape index (κ1) is 15.0. The Hall–Kier alpha value is -2.58. The third-order valence-electron chi connectivity index (χ3n) is 4.74. The van der Waals surface area contributed by atoms with Gasteiger partial charge in [-0.3, -0.25) is 0 Å². The monoisotopic (exact) mass is 316 g/mol. The lowest BCUT2D eigenvalue weighted by Crippen LogP contribution is -2.32. The molecule has 0 amide bonds. The van der Waals surface area contributed by atoms with E-state index < -0.39 is 5.60 Å². The first-order chi connectivity index (χ1) is 11.5. The van der Waals surface area contributed by atoms with E-state index in [2.05, 4.69) is 0 Å². The summed E-state index contributed by atoms with van der Waals surface area (Å²) in [5, 5.41) is 11.9. The van der Waals surface area contributed by atoms with Crippen LogP contribution in [-0.2, 0) is 5.60 Å². The standard InChI is InChI=1S/C22H20O2/c1-14-4-8-17(9-5-14)22(23)18-12-15(2)6-10-20(18)24-21-11-7-16(3)13-19(21)22/h4-13,23H,1-3H3. The number of benzene rings is 3. The summed E-state index contributed by atoms with van der Waals surface area (Å²) in [6.07, 6.45) is 0. The molecule has 0 bridgehead atoms. The summed E-state index contributed by atoms with van der Waals surface area (Å²) < 4.78 is 6.07. The van der Waals surface area contributed by atoms with Crippen molar-refractivity contribution in [2.45, 2.75) is 26.4 Å². The molecule has 0 saturated heterocycles. The average Bonchev–Trinajstić information content (AvgIpc) is 2.57. The third kappa shape index (κ3) is 2.15. The Morgan fingerprint density at radius 1 is 0.667 bits per heavy atom. The van der Waals surface area contributed by atoms with E-state index in [1.165, 1.54) is 5.56 Å². The van der Waals surface area contributed by atoms with Gasteiger partial charge in [0.05, 0.1) is 0 Å². The highest BCUT2D eigenvalue weighted by atomic mass is 16.5. The fourth-order valence-electron chi connectivity index (χ4n) is 3.40. The van der Waals surface area contributed by atoms with Crippen LogP contribution in [0.15, 0.2) is 60.7 Å². The summed E-state index contributed by atoms with van der Waals surface area (Å²) in [5.41, 5.74) is 4.60. The maximum Gasteiger partial charge on any atom is 0.147 e. The van der Waals surface area contributed by atoms with E-state index in [9.17, 15) is 5.11 Å². The highest BCUT2D eigenvalue weighted by Crippen LogP contribution is 2.50. The molecule has 0 saturated carbocycles. The number of rotatable bonds is 1. The normalized spacial score (nSPS) is 14.5. The van der Waals surface area contributed by atoms with Crippen molar-refractivity contribution in [1.82, 2.24) is 0 Å². The number of aryl methyl sites for hydroxylation is 3. The van der Waals surface area contributed by atoms with Crippen molar-refractivity contribution in [3.8, 4) is 11.5 Å². The van der Waals surface area contributed by atoms with Gasteiger partial charge in [0.25, 0.3) is 0 Å². The van der Waals surface area contributed by atoms with Crippen LogP contribution < -0.4 is 4.74 Å². The van der Waals surface area contributed by atoms with Crippen molar-refractivity contribution >= 4 is 0 Å². The maximum absolute atomic E-state index is 11.9. The van der Waals surface area contributed by atoms with E-state index in [1.54, 1.807) is 0 Å². The summed E-state index contributed by atoms with van der Waals surface area (Å²) in [7, 11) is 0. The molecule has 2 nitrogen and oxygen atoms in total. The van der Waals surface area contributed by atoms with Crippen molar-refractivity contribution in [3.05, 3.63) is 94.0 Å². The predicted molar refractivity (Wildman–Crippen MR) is 95.7 cm³/mol. The van der Waals surface area contributed by atoms with Crippen molar-refractivity contribution in [2.24, 2.45) is 0 Å². The molecule has 0 fully saturated rings. The van der Waals surface area contributed by atoms with Gasteiger partial charge in [0.15, 0.2) is 0 Å². The van der Waals surface area contributed by atoms with Crippen LogP contribution in [0.4, 0.5) is 0 Å². The Bertz CT molecular complexity index is 872. The van der Waals surface area contributed by atoms with Crippen LogP contribution in [0, 0.1) is 20.8 Å². The minimum absolute atomic E-state index is 0.708. The number of hydrogen-bond acceptors (Lipinski definition) is 2. The summed E-state index contributed by atoms with van der Waals surface area (Å²) in [6, 6.07) is 20.0. The van der Waals surface area contributed by atoms with Gasteiger partial charge in [-0.1, -0.05) is 53.1 Å². The van der Waals surface area contributed by atoms with Gasteiger partial charge >= 0.3 is 0 Å². The predicted octanol–water partition coefficient (Wildman–Crippen LogP) is 5.00. The second-order valence-corrected chi connectivity index (χ2v) is 6.68. The van der Waals surface area contributed by atoms with E-state index in [-0.39, 0.29) is 0 Å². The second-order valence-electron chi connectivity index (χ2n) is 6.68. The molecule has 120 valence electrons. The zero-order valence-electron chi connectivity index (χ0n) is 14.1. The van der Waals surface area contributed by atoms with Crippen LogP contribution in [-0.4, -0.2) is 5.11 Å². The van der Waals surface area contributed by atoms with Gasteiger partial charge in [-0.15, -0.1) is 0 Å². The first-order valence-electron chi connectivity index (χ1n) is 8.18. The number of ether oxygens (including phenoxy) is 1. The molecule has 1 aliphatic heterocycles. The smallest absolute Gasteiger partial charge is 0.147 e. The molecule has 3 aromatic carbocycles. The number of hydrogen-bond donors (Lipinski definition) is 1. The third-order valence-corrected chi connectivity index (χ3v) is 4.74. The van der Waals surface area contributed by atoms with Gasteiger partial charge in [0.1, 0.15) is 17.1 Å². The van der Waals surface area contributed by atoms with Gasteiger partial charge < -0.3 is 9.84 Å². The largest absolute Gasteiger partial charge is 0.457 e. The summed E-state index contributed by atoms with van der Waals surface area (Å²) in [6.45, 7) is 6.11. The summed E-state index contributed by atoms with van der Waals surface area (Å²) >= 11 is 0. The van der Waals surface area contributed by atoms with E-state index in [4.69, 9.17) is 4.74 Å². The highest BCUT2D eigenvalue weighted by Gasteiger charge is 2.42. The molecular formula is C22H20O2. The Morgan fingerprint density at radius 2 is 1.12 bits per heavy atom. The fraction of sp³-hybridized carbons (Fsp3) is 0.182. The molecule has 1 N–H and O–H groups in total. The lowest BCUT2D eigenvalue weighted by molar-refractivity contribution is 0.112. The van der Waals surface area contributed by atoms with Crippen molar-refractivity contribution < 1.29 is 9.84 Å². The minimum Gasteiger partial charge on any atom is -0.457 e. The molecule has 4 rings (SSSR count). The molecule has 0 unspecified atom stereocenters. The molecule has 1 aliphatic rings. The molecule has 0 aromatic heterocycles. The van der Waals surface area contributed by atoms with Gasteiger partial charge in [0, 0.05) is 11.1 Å². The van der Waals surface area contributed by atoms with Crippen LogP contribution >= 0.6 is 0 Å². The SMILES string of the molecule is Cc1ccc(C2(O)c3cc(C)ccc3Oc3ccc(C)cc32)cc1.